The standard InChI is InChI=1S/C8H9N3O2/c9-3-5-7(4-10)13-11-2-1-6(12)8(5)11/h5-8,12H,1-2H2/t5?,6-,7?,8+/m0/s1. The van der Waals surface area contributed by atoms with E-state index in [4.69, 9.17) is 15.4 Å². The average Bonchev–Trinajstić information content (AvgIpc) is 2.65. The van der Waals surface area contributed by atoms with Gasteiger partial charge in [0.25, 0.3) is 0 Å². The first-order chi connectivity index (χ1) is 6.27. The van der Waals surface area contributed by atoms with Gasteiger partial charge in [0.15, 0.2) is 6.10 Å². The van der Waals surface area contributed by atoms with Crippen LogP contribution < -0.4 is 0 Å². The van der Waals surface area contributed by atoms with Crippen LogP contribution in [0.1, 0.15) is 6.42 Å². The van der Waals surface area contributed by atoms with E-state index in [0.717, 1.165) is 0 Å². The monoisotopic (exact) mass is 179 g/mol. The van der Waals surface area contributed by atoms with Gasteiger partial charge in [0.05, 0.1) is 24.3 Å². The number of aliphatic hydroxyl groups is 1. The third-order valence-corrected chi connectivity index (χ3v) is 2.59. The molecular weight excluding hydrogens is 170 g/mol. The summed E-state index contributed by atoms with van der Waals surface area (Å²) < 4.78 is 0. The lowest BCUT2D eigenvalue weighted by atomic mass is 9.94. The third kappa shape index (κ3) is 1.10. The molecule has 0 spiro atoms. The number of aliphatic hydroxyl groups excluding tert-OH is 1. The van der Waals surface area contributed by atoms with Crippen LogP contribution in [0.3, 0.4) is 0 Å². The topological polar surface area (TPSA) is 80.3 Å². The number of hydrogen-bond donors (Lipinski definition) is 1. The van der Waals surface area contributed by atoms with E-state index in [0.29, 0.717) is 13.0 Å². The summed E-state index contributed by atoms with van der Waals surface area (Å²) in [6.07, 6.45) is -0.644. The normalized spacial score (nSPS) is 43.9. The summed E-state index contributed by atoms with van der Waals surface area (Å²) >= 11 is 0. The molecule has 2 aliphatic heterocycles. The van der Waals surface area contributed by atoms with Crippen molar-refractivity contribution in [3.63, 3.8) is 0 Å². The maximum atomic E-state index is 9.53. The highest BCUT2D eigenvalue weighted by atomic mass is 16.7. The minimum absolute atomic E-state index is 0.311. The zero-order chi connectivity index (χ0) is 9.42. The third-order valence-electron chi connectivity index (χ3n) is 2.59. The van der Waals surface area contributed by atoms with Crippen molar-refractivity contribution in [2.24, 2.45) is 5.92 Å². The lowest BCUT2D eigenvalue weighted by Crippen LogP contribution is -2.33. The fraction of sp³-hybridized carbons (Fsp3) is 0.750. The highest BCUT2D eigenvalue weighted by molar-refractivity contribution is 5.11. The van der Waals surface area contributed by atoms with Gasteiger partial charge in [-0.15, -0.1) is 0 Å². The molecule has 0 saturated carbocycles. The first-order valence-corrected chi connectivity index (χ1v) is 4.18. The minimum atomic E-state index is -0.718. The molecule has 2 heterocycles. The molecule has 0 amide bonds. The van der Waals surface area contributed by atoms with Gasteiger partial charge in [-0.3, -0.25) is 4.84 Å². The zero-order valence-electron chi connectivity index (χ0n) is 6.92. The van der Waals surface area contributed by atoms with Crippen molar-refractivity contribution in [1.82, 2.24) is 5.06 Å². The predicted molar refractivity (Wildman–Crippen MR) is 40.7 cm³/mol. The van der Waals surface area contributed by atoms with Crippen molar-refractivity contribution < 1.29 is 9.94 Å². The molecule has 2 saturated heterocycles. The molecule has 2 aliphatic rings. The van der Waals surface area contributed by atoms with Gasteiger partial charge in [0.1, 0.15) is 5.92 Å². The van der Waals surface area contributed by atoms with Gasteiger partial charge in [0.2, 0.25) is 0 Å². The molecule has 2 rings (SSSR count). The Morgan fingerprint density at radius 1 is 1.38 bits per heavy atom. The van der Waals surface area contributed by atoms with E-state index in [-0.39, 0.29) is 6.04 Å². The van der Waals surface area contributed by atoms with Crippen molar-refractivity contribution in [2.75, 3.05) is 6.54 Å². The van der Waals surface area contributed by atoms with E-state index >= 15 is 0 Å². The largest absolute Gasteiger partial charge is 0.391 e. The molecule has 5 heteroatoms. The van der Waals surface area contributed by atoms with Gasteiger partial charge in [-0.25, -0.2) is 0 Å². The number of fused-ring (bicyclic) bond motifs is 1. The van der Waals surface area contributed by atoms with Gasteiger partial charge >= 0.3 is 0 Å². The Kier molecular flexibility index (Phi) is 1.93. The maximum absolute atomic E-state index is 9.53. The van der Waals surface area contributed by atoms with Crippen LogP contribution in [0.5, 0.6) is 0 Å². The second kappa shape index (κ2) is 2.97. The quantitative estimate of drug-likeness (QED) is 0.537. The Balaban J connectivity index is 2.23. The molecule has 13 heavy (non-hydrogen) atoms. The van der Waals surface area contributed by atoms with Crippen molar-refractivity contribution in [1.29, 1.82) is 10.5 Å². The highest BCUT2D eigenvalue weighted by Crippen LogP contribution is 2.34. The van der Waals surface area contributed by atoms with Gasteiger partial charge in [-0.2, -0.15) is 15.6 Å². The van der Waals surface area contributed by atoms with Crippen LogP contribution in [0.4, 0.5) is 0 Å². The first kappa shape index (κ1) is 8.46. The molecule has 68 valence electrons. The Morgan fingerprint density at radius 3 is 2.77 bits per heavy atom. The summed E-state index contributed by atoms with van der Waals surface area (Å²) in [5.74, 6) is -0.525. The van der Waals surface area contributed by atoms with Gasteiger partial charge in [-0.05, 0) is 6.42 Å². The summed E-state index contributed by atoms with van der Waals surface area (Å²) in [4.78, 5) is 5.20. The molecule has 5 nitrogen and oxygen atoms in total. The van der Waals surface area contributed by atoms with E-state index in [1.165, 1.54) is 0 Å². The molecule has 0 bridgehead atoms. The lowest BCUT2D eigenvalue weighted by molar-refractivity contribution is -0.137. The molecular formula is C8H9N3O2. The molecule has 0 aromatic heterocycles. The maximum Gasteiger partial charge on any atom is 0.183 e. The molecule has 2 fully saturated rings. The van der Waals surface area contributed by atoms with Crippen LogP contribution in [0.15, 0.2) is 0 Å². The summed E-state index contributed by atoms with van der Waals surface area (Å²) in [6, 6.07) is 3.62. The van der Waals surface area contributed by atoms with Gasteiger partial charge in [-0.1, -0.05) is 0 Å². The van der Waals surface area contributed by atoms with Crippen molar-refractivity contribution in [2.45, 2.75) is 24.7 Å². The second-order valence-electron chi connectivity index (χ2n) is 3.30. The van der Waals surface area contributed by atoms with Gasteiger partial charge in [0, 0.05) is 6.54 Å². The Labute approximate surface area is 75.7 Å². The SMILES string of the molecule is N#CC1ON2CC[C@H](O)[C@H]2C1C#N. The summed E-state index contributed by atoms with van der Waals surface area (Å²) in [7, 11) is 0. The molecule has 0 aliphatic carbocycles. The molecule has 0 radical (unpaired) electrons. The molecule has 0 aromatic carbocycles. The Morgan fingerprint density at radius 2 is 2.15 bits per heavy atom. The van der Waals surface area contributed by atoms with Crippen molar-refractivity contribution in [3.8, 4) is 12.1 Å². The number of hydrogen-bond acceptors (Lipinski definition) is 5. The number of nitriles is 2. The minimum Gasteiger partial charge on any atom is -0.391 e. The fourth-order valence-electron chi connectivity index (χ4n) is 1.95. The van der Waals surface area contributed by atoms with Crippen LogP contribution in [0, 0.1) is 28.6 Å². The van der Waals surface area contributed by atoms with Crippen LogP contribution in [-0.2, 0) is 4.84 Å². The zero-order valence-corrected chi connectivity index (χ0v) is 6.92. The number of rotatable bonds is 0. The molecule has 4 atom stereocenters. The highest BCUT2D eigenvalue weighted by Gasteiger charge is 2.50. The van der Waals surface area contributed by atoms with E-state index in [1.807, 2.05) is 12.1 Å². The van der Waals surface area contributed by atoms with Crippen LogP contribution in [-0.4, -0.2) is 35.0 Å². The number of nitrogens with zero attached hydrogens (tertiary/aromatic N) is 3. The van der Waals surface area contributed by atoms with E-state index in [9.17, 15) is 5.11 Å². The van der Waals surface area contributed by atoms with Crippen molar-refractivity contribution >= 4 is 0 Å². The fourth-order valence-corrected chi connectivity index (χ4v) is 1.95. The lowest BCUT2D eigenvalue weighted by Gasteiger charge is -2.15. The van der Waals surface area contributed by atoms with Crippen molar-refractivity contribution in [3.05, 3.63) is 0 Å². The molecule has 1 N–H and O–H groups in total. The Hall–Kier alpha value is -1.14. The molecule has 2 unspecified atom stereocenters. The van der Waals surface area contributed by atoms with Gasteiger partial charge < -0.3 is 5.11 Å². The van der Waals surface area contributed by atoms with Crippen LogP contribution in [0.2, 0.25) is 0 Å². The first-order valence-electron chi connectivity index (χ1n) is 4.18. The van der Waals surface area contributed by atoms with Crippen LogP contribution in [0.25, 0.3) is 0 Å². The van der Waals surface area contributed by atoms with E-state index in [1.54, 1.807) is 5.06 Å². The smallest absolute Gasteiger partial charge is 0.183 e. The summed E-state index contributed by atoms with van der Waals surface area (Å²) in [5.41, 5.74) is 0. The predicted octanol–water partition coefficient (Wildman–Crippen LogP) is -0.601. The average molecular weight is 179 g/mol. The Bertz CT molecular complexity index is 293. The molecule has 0 aromatic rings. The number of hydroxylamine groups is 2. The van der Waals surface area contributed by atoms with E-state index < -0.39 is 18.1 Å². The summed E-state index contributed by atoms with van der Waals surface area (Å²) in [6.45, 7) is 0.599. The second-order valence-corrected chi connectivity index (χ2v) is 3.30. The van der Waals surface area contributed by atoms with Crippen LogP contribution >= 0.6 is 0 Å². The summed E-state index contributed by atoms with van der Waals surface area (Å²) in [5, 5.41) is 28.6. The van der Waals surface area contributed by atoms with E-state index in [2.05, 4.69) is 0 Å².